The summed E-state index contributed by atoms with van der Waals surface area (Å²) < 4.78 is 0. The molecule has 0 saturated carbocycles. The van der Waals surface area contributed by atoms with E-state index in [-0.39, 0.29) is 16.6 Å². The van der Waals surface area contributed by atoms with Crippen LogP contribution >= 0.6 is 0 Å². The third-order valence-electron chi connectivity index (χ3n) is 6.07. The fourth-order valence-corrected chi connectivity index (χ4v) is 4.13. The Morgan fingerprint density at radius 3 is 1.91 bits per heavy atom. The highest BCUT2D eigenvalue weighted by molar-refractivity contribution is 5.57. The molecule has 0 aliphatic carbocycles. The second-order valence-corrected chi connectivity index (χ2v) is 9.58. The summed E-state index contributed by atoms with van der Waals surface area (Å²) in [5.74, 6) is 0.247. The molecule has 0 aliphatic heterocycles. The summed E-state index contributed by atoms with van der Waals surface area (Å²) in [6.45, 7) is 8.55. The van der Waals surface area contributed by atoms with E-state index < -0.39 is 0 Å². The minimum Gasteiger partial charge on any atom is -0.508 e. The Balaban J connectivity index is 1.89. The quantitative estimate of drug-likeness (QED) is 0.327. The number of isocyanates is 2. The molecule has 0 spiro atoms. The van der Waals surface area contributed by atoms with Gasteiger partial charge in [0.25, 0.3) is 0 Å². The van der Waals surface area contributed by atoms with Crippen LogP contribution < -0.4 is 0 Å². The van der Waals surface area contributed by atoms with Crippen molar-refractivity contribution in [3.8, 4) is 5.75 Å². The molecule has 0 amide bonds. The van der Waals surface area contributed by atoms with Crippen LogP contribution in [0, 0.1) is 0 Å². The minimum absolute atomic E-state index is 0.201. The van der Waals surface area contributed by atoms with Crippen LogP contribution in [-0.2, 0) is 33.3 Å². The fourth-order valence-electron chi connectivity index (χ4n) is 4.13. The number of hydrogen-bond acceptors (Lipinski definition) is 5. The Labute approximate surface area is 194 Å². The van der Waals surface area contributed by atoms with Gasteiger partial charge in [0.05, 0.1) is 11.4 Å². The SMILES string of the molecule is CC(C)(Cc1ccc(O)cc1)c1ccc(CC(C)(C)c2ccc(N=C=O)cc2)c(N=C=O)c1. The Morgan fingerprint density at radius 1 is 0.727 bits per heavy atom. The van der Waals surface area contributed by atoms with Crippen LogP contribution in [-0.4, -0.2) is 17.3 Å². The van der Waals surface area contributed by atoms with Crippen molar-refractivity contribution in [2.75, 3.05) is 0 Å². The van der Waals surface area contributed by atoms with E-state index in [1.807, 2.05) is 36.4 Å². The summed E-state index contributed by atoms with van der Waals surface area (Å²) in [6.07, 6.45) is 4.70. The van der Waals surface area contributed by atoms with Crippen molar-refractivity contribution >= 4 is 23.5 Å². The van der Waals surface area contributed by atoms with Crippen molar-refractivity contribution < 1.29 is 14.7 Å². The number of phenols is 1. The predicted molar refractivity (Wildman–Crippen MR) is 130 cm³/mol. The Hall–Kier alpha value is -3.78. The zero-order valence-electron chi connectivity index (χ0n) is 19.4. The monoisotopic (exact) mass is 440 g/mol. The third-order valence-corrected chi connectivity index (χ3v) is 6.07. The van der Waals surface area contributed by atoms with Gasteiger partial charge in [-0.15, -0.1) is 0 Å². The van der Waals surface area contributed by atoms with Crippen LogP contribution in [0.5, 0.6) is 5.75 Å². The molecular formula is C28H28N2O3. The van der Waals surface area contributed by atoms with E-state index in [2.05, 4.69) is 43.7 Å². The molecule has 33 heavy (non-hydrogen) atoms. The molecule has 0 radical (unpaired) electrons. The third kappa shape index (κ3) is 5.93. The molecule has 0 atom stereocenters. The Bertz CT molecular complexity index is 1210. The number of phenolic OH excluding ortho intramolecular Hbond substituents is 1. The van der Waals surface area contributed by atoms with Crippen molar-refractivity contribution in [1.82, 2.24) is 0 Å². The maximum atomic E-state index is 11.2. The molecule has 0 unspecified atom stereocenters. The number of aliphatic imine (C=N–C) groups is 2. The molecule has 0 bridgehead atoms. The molecule has 3 aromatic carbocycles. The largest absolute Gasteiger partial charge is 0.508 e. The van der Waals surface area contributed by atoms with Crippen LogP contribution in [0.3, 0.4) is 0 Å². The van der Waals surface area contributed by atoms with Gasteiger partial charge in [-0.3, -0.25) is 0 Å². The maximum Gasteiger partial charge on any atom is 0.240 e. The second-order valence-electron chi connectivity index (χ2n) is 9.58. The van der Waals surface area contributed by atoms with E-state index in [1.165, 1.54) is 0 Å². The summed E-state index contributed by atoms with van der Waals surface area (Å²) in [4.78, 5) is 29.3. The van der Waals surface area contributed by atoms with E-state index >= 15 is 0 Å². The summed E-state index contributed by atoms with van der Waals surface area (Å²) in [5, 5.41) is 9.54. The van der Waals surface area contributed by atoms with Gasteiger partial charge >= 0.3 is 0 Å². The molecule has 3 rings (SSSR count). The standard InChI is InChI=1S/C28H28N2O3/c1-27(2,16-20-5-13-25(33)14-6-20)23-8-7-21(26(15-23)30-19-32)17-28(3,4)22-9-11-24(12-10-22)29-18-31/h5-15,33H,16-17H2,1-4H3. The van der Waals surface area contributed by atoms with Gasteiger partial charge in [0, 0.05) is 0 Å². The summed E-state index contributed by atoms with van der Waals surface area (Å²) in [7, 11) is 0. The molecule has 0 saturated heterocycles. The topological polar surface area (TPSA) is 79.1 Å². The number of benzene rings is 3. The summed E-state index contributed by atoms with van der Waals surface area (Å²) in [5.41, 5.74) is 4.99. The van der Waals surface area contributed by atoms with Gasteiger partial charge in [-0.25, -0.2) is 9.59 Å². The minimum atomic E-state index is -0.236. The zero-order chi connectivity index (χ0) is 24.1. The van der Waals surface area contributed by atoms with Crippen LogP contribution in [0.4, 0.5) is 11.4 Å². The molecule has 0 aromatic heterocycles. The summed E-state index contributed by atoms with van der Waals surface area (Å²) >= 11 is 0. The first kappa shape index (κ1) is 23.9. The van der Waals surface area contributed by atoms with Crippen molar-refractivity contribution in [1.29, 1.82) is 0 Å². The zero-order valence-corrected chi connectivity index (χ0v) is 19.4. The lowest BCUT2D eigenvalue weighted by molar-refractivity contribution is 0.474. The Morgan fingerprint density at radius 2 is 1.30 bits per heavy atom. The lowest BCUT2D eigenvalue weighted by Crippen LogP contribution is -2.22. The lowest BCUT2D eigenvalue weighted by Gasteiger charge is -2.28. The van der Waals surface area contributed by atoms with Gasteiger partial charge in [-0.1, -0.05) is 64.1 Å². The van der Waals surface area contributed by atoms with Crippen molar-refractivity contribution in [3.05, 3.63) is 89.0 Å². The molecule has 3 aromatic rings. The van der Waals surface area contributed by atoms with E-state index in [0.717, 1.165) is 28.7 Å². The van der Waals surface area contributed by atoms with Crippen molar-refractivity contribution in [3.63, 3.8) is 0 Å². The average Bonchev–Trinajstić information content (AvgIpc) is 2.77. The first-order chi connectivity index (χ1) is 15.6. The van der Waals surface area contributed by atoms with E-state index in [9.17, 15) is 14.7 Å². The highest BCUT2D eigenvalue weighted by atomic mass is 16.3. The first-order valence-electron chi connectivity index (χ1n) is 10.8. The van der Waals surface area contributed by atoms with Crippen molar-refractivity contribution in [2.45, 2.75) is 51.4 Å². The maximum absolute atomic E-state index is 11.2. The number of nitrogens with zero attached hydrogens (tertiary/aromatic N) is 2. The second kappa shape index (κ2) is 9.79. The average molecular weight is 441 g/mol. The number of rotatable bonds is 8. The molecule has 1 N–H and O–H groups in total. The van der Waals surface area contributed by atoms with Crippen LogP contribution in [0.25, 0.3) is 0 Å². The van der Waals surface area contributed by atoms with Gasteiger partial charge in [0.2, 0.25) is 12.2 Å². The molecule has 5 heteroatoms. The smallest absolute Gasteiger partial charge is 0.240 e. The molecule has 5 nitrogen and oxygen atoms in total. The van der Waals surface area contributed by atoms with Gasteiger partial charge < -0.3 is 5.11 Å². The molecule has 0 heterocycles. The normalized spacial score (nSPS) is 11.4. The molecule has 0 aliphatic rings. The van der Waals surface area contributed by atoms with Gasteiger partial charge in [0.1, 0.15) is 5.75 Å². The van der Waals surface area contributed by atoms with E-state index in [0.29, 0.717) is 17.8 Å². The number of carbonyl (C=O) groups excluding carboxylic acids is 2. The number of aromatic hydroxyl groups is 1. The molecular weight excluding hydrogens is 412 g/mol. The van der Waals surface area contributed by atoms with E-state index in [4.69, 9.17) is 0 Å². The highest BCUT2D eigenvalue weighted by Crippen LogP contribution is 2.36. The first-order valence-corrected chi connectivity index (χ1v) is 10.8. The predicted octanol–water partition coefficient (Wildman–Crippen LogP) is 6.37. The van der Waals surface area contributed by atoms with E-state index in [1.54, 1.807) is 36.4 Å². The molecule has 168 valence electrons. The van der Waals surface area contributed by atoms with Crippen LogP contribution in [0.2, 0.25) is 0 Å². The Kier molecular flexibility index (Phi) is 7.08. The van der Waals surface area contributed by atoms with Gasteiger partial charge in [-0.05, 0) is 76.3 Å². The van der Waals surface area contributed by atoms with Gasteiger partial charge in [-0.2, -0.15) is 9.98 Å². The van der Waals surface area contributed by atoms with Gasteiger partial charge in [0.15, 0.2) is 0 Å². The fraction of sp³-hybridized carbons (Fsp3) is 0.286. The highest BCUT2D eigenvalue weighted by Gasteiger charge is 2.26. The summed E-state index contributed by atoms with van der Waals surface area (Å²) in [6, 6.07) is 20.8. The lowest BCUT2D eigenvalue weighted by atomic mass is 9.76. The van der Waals surface area contributed by atoms with Crippen LogP contribution in [0.1, 0.15) is 49.9 Å². The molecule has 0 fully saturated rings. The van der Waals surface area contributed by atoms with Crippen molar-refractivity contribution in [2.24, 2.45) is 9.98 Å². The number of hydrogen-bond donors (Lipinski definition) is 1. The van der Waals surface area contributed by atoms with Crippen LogP contribution in [0.15, 0.2) is 76.7 Å².